The average Bonchev–Trinajstić information content (AvgIpc) is 2.31. The molecule has 0 fully saturated rings. The summed E-state index contributed by atoms with van der Waals surface area (Å²) in [6.45, 7) is 6.53. The van der Waals surface area contributed by atoms with Crippen LogP contribution in [0.5, 0.6) is 0 Å². The molecular weight excluding hydrogens is 278 g/mol. The maximum atomic E-state index is 8.83. The Bertz CT molecular complexity index is 412. The molecule has 0 aliphatic carbocycles. The normalized spacial score (nSPS) is 12.4. The van der Waals surface area contributed by atoms with Gasteiger partial charge in [-0.15, -0.1) is 0 Å². The fourth-order valence-corrected chi connectivity index (χ4v) is 2.06. The Morgan fingerprint density at radius 1 is 1.53 bits per heavy atom. The Balaban J connectivity index is 2.71. The quantitative estimate of drug-likeness (QED) is 0.850. The van der Waals surface area contributed by atoms with Gasteiger partial charge >= 0.3 is 0 Å². The Morgan fingerprint density at radius 3 is 2.76 bits per heavy atom. The van der Waals surface area contributed by atoms with Crippen molar-refractivity contribution in [1.29, 1.82) is 5.26 Å². The van der Waals surface area contributed by atoms with E-state index < -0.39 is 0 Å². The molecule has 0 saturated heterocycles. The number of nitriles is 1. The third-order valence-corrected chi connectivity index (χ3v) is 3.19. The number of anilines is 1. The maximum Gasteiger partial charge on any atom is 0.0666 e. The first-order valence-corrected chi connectivity index (χ1v) is 6.52. The number of hydrogen-bond acceptors (Lipinski definition) is 3. The third kappa shape index (κ3) is 4.37. The molecule has 0 bridgehead atoms. The maximum absolute atomic E-state index is 8.83. The molecule has 0 amide bonds. The van der Waals surface area contributed by atoms with E-state index in [9.17, 15) is 0 Å². The highest BCUT2D eigenvalue weighted by Gasteiger charge is 2.10. The molecule has 0 aliphatic heterocycles. The van der Waals surface area contributed by atoms with Crippen molar-refractivity contribution in [2.45, 2.75) is 20.4 Å². The van der Waals surface area contributed by atoms with E-state index in [1.807, 2.05) is 25.1 Å². The van der Waals surface area contributed by atoms with Crippen LogP contribution in [-0.2, 0) is 6.54 Å². The van der Waals surface area contributed by atoms with Gasteiger partial charge in [-0.25, -0.2) is 0 Å². The van der Waals surface area contributed by atoms with Gasteiger partial charge in [-0.2, -0.15) is 5.26 Å². The van der Waals surface area contributed by atoms with Crippen LogP contribution in [0.3, 0.4) is 0 Å². The third-order valence-electron chi connectivity index (χ3n) is 2.70. The van der Waals surface area contributed by atoms with Crippen LogP contribution in [0.25, 0.3) is 0 Å². The molecule has 1 atom stereocenters. The molecule has 1 aromatic carbocycles. The van der Waals surface area contributed by atoms with Crippen LogP contribution in [0, 0.1) is 17.2 Å². The number of nitrogens with zero attached hydrogens (tertiary/aromatic N) is 2. The van der Waals surface area contributed by atoms with Gasteiger partial charge in [-0.3, -0.25) is 4.90 Å². The lowest BCUT2D eigenvalue weighted by Crippen LogP contribution is -2.27. The Morgan fingerprint density at radius 2 is 2.24 bits per heavy atom. The van der Waals surface area contributed by atoms with Crippen molar-refractivity contribution in [2.75, 3.05) is 18.8 Å². The van der Waals surface area contributed by atoms with Crippen molar-refractivity contribution < 1.29 is 0 Å². The van der Waals surface area contributed by atoms with E-state index in [1.54, 1.807) is 0 Å². The molecule has 0 heterocycles. The van der Waals surface area contributed by atoms with Gasteiger partial charge < -0.3 is 5.73 Å². The number of benzene rings is 1. The smallest absolute Gasteiger partial charge is 0.0666 e. The van der Waals surface area contributed by atoms with Crippen LogP contribution in [0.15, 0.2) is 22.7 Å². The summed E-state index contributed by atoms with van der Waals surface area (Å²) < 4.78 is 0.993. The topological polar surface area (TPSA) is 53.0 Å². The largest absolute Gasteiger partial charge is 0.398 e. The number of rotatable bonds is 5. The van der Waals surface area contributed by atoms with Gasteiger partial charge in [-0.1, -0.05) is 28.9 Å². The molecule has 2 N–H and O–H groups in total. The van der Waals surface area contributed by atoms with Gasteiger partial charge in [0.2, 0.25) is 0 Å². The first kappa shape index (κ1) is 14.0. The van der Waals surface area contributed by atoms with Gasteiger partial charge in [-0.05, 0) is 31.2 Å². The van der Waals surface area contributed by atoms with Crippen LogP contribution in [0.2, 0.25) is 0 Å². The molecule has 0 radical (unpaired) electrons. The molecule has 1 aromatic rings. The molecule has 92 valence electrons. The molecule has 17 heavy (non-hydrogen) atoms. The number of nitrogens with two attached hydrogens (primary N) is 1. The molecule has 0 aromatic heterocycles. The van der Waals surface area contributed by atoms with E-state index >= 15 is 0 Å². The summed E-state index contributed by atoms with van der Waals surface area (Å²) in [5.74, 6) is 0.0478. The molecule has 3 nitrogen and oxygen atoms in total. The summed E-state index contributed by atoms with van der Waals surface area (Å²) in [7, 11) is 0. The highest BCUT2D eigenvalue weighted by Crippen LogP contribution is 2.20. The lowest BCUT2D eigenvalue weighted by atomic mass is 10.1. The first-order chi connectivity index (χ1) is 8.06. The fraction of sp³-hybridized carbons (Fsp3) is 0.462. The summed E-state index contributed by atoms with van der Waals surface area (Å²) >= 11 is 3.39. The van der Waals surface area contributed by atoms with Crippen molar-refractivity contribution in [1.82, 2.24) is 4.90 Å². The summed E-state index contributed by atoms with van der Waals surface area (Å²) in [6.07, 6.45) is 0. The monoisotopic (exact) mass is 295 g/mol. The van der Waals surface area contributed by atoms with Crippen LogP contribution >= 0.6 is 15.9 Å². The van der Waals surface area contributed by atoms with Crippen LogP contribution in [0.1, 0.15) is 19.4 Å². The number of hydrogen-bond donors (Lipinski definition) is 1. The van der Waals surface area contributed by atoms with Gasteiger partial charge in [0.05, 0.1) is 12.0 Å². The average molecular weight is 296 g/mol. The molecule has 0 spiro atoms. The zero-order chi connectivity index (χ0) is 12.8. The molecule has 1 rings (SSSR count). The lowest BCUT2D eigenvalue weighted by Gasteiger charge is -2.22. The summed E-state index contributed by atoms with van der Waals surface area (Å²) in [4.78, 5) is 2.23. The van der Waals surface area contributed by atoms with Crippen molar-refractivity contribution in [3.8, 4) is 6.07 Å². The SMILES string of the molecule is CCN(Cc1ccc(Br)cc1N)CC(C)C#N. The highest BCUT2D eigenvalue weighted by molar-refractivity contribution is 9.10. The van der Waals surface area contributed by atoms with Crippen molar-refractivity contribution in [2.24, 2.45) is 5.92 Å². The first-order valence-electron chi connectivity index (χ1n) is 5.72. The minimum absolute atomic E-state index is 0.0478. The number of nitrogen functional groups attached to an aromatic ring is 1. The minimum Gasteiger partial charge on any atom is -0.398 e. The standard InChI is InChI=1S/C13H18BrN3/c1-3-17(8-10(2)7-15)9-11-4-5-12(14)6-13(11)16/h4-6,10H,3,8-9,16H2,1-2H3. The minimum atomic E-state index is 0.0478. The molecule has 0 aliphatic rings. The van der Waals surface area contributed by atoms with E-state index in [2.05, 4.69) is 33.8 Å². The van der Waals surface area contributed by atoms with Gasteiger partial charge in [0.1, 0.15) is 0 Å². The zero-order valence-electron chi connectivity index (χ0n) is 10.3. The summed E-state index contributed by atoms with van der Waals surface area (Å²) in [5, 5.41) is 8.83. The molecule has 1 unspecified atom stereocenters. The van der Waals surface area contributed by atoms with Gasteiger partial charge in [0.15, 0.2) is 0 Å². The Labute approximate surface area is 111 Å². The second-order valence-corrected chi connectivity index (χ2v) is 5.12. The fourth-order valence-electron chi connectivity index (χ4n) is 1.68. The van der Waals surface area contributed by atoms with E-state index in [0.29, 0.717) is 0 Å². The Kier molecular flexibility index (Phi) is 5.46. The van der Waals surface area contributed by atoms with Gasteiger partial charge in [0, 0.05) is 23.2 Å². The predicted molar refractivity (Wildman–Crippen MR) is 74.3 cm³/mol. The van der Waals surface area contributed by atoms with E-state index in [-0.39, 0.29) is 5.92 Å². The van der Waals surface area contributed by atoms with E-state index in [0.717, 1.165) is 35.4 Å². The van der Waals surface area contributed by atoms with E-state index in [1.165, 1.54) is 0 Å². The zero-order valence-corrected chi connectivity index (χ0v) is 11.9. The van der Waals surface area contributed by atoms with Crippen molar-refractivity contribution in [3.63, 3.8) is 0 Å². The molecule has 0 saturated carbocycles. The van der Waals surface area contributed by atoms with Crippen LogP contribution in [0.4, 0.5) is 5.69 Å². The number of halogens is 1. The van der Waals surface area contributed by atoms with Crippen LogP contribution < -0.4 is 5.73 Å². The Hall–Kier alpha value is -1.05. The second kappa shape index (κ2) is 6.63. The van der Waals surface area contributed by atoms with Crippen molar-refractivity contribution in [3.05, 3.63) is 28.2 Å². The summed E-state index contributed by atoms with van der Waals surface area (Å²) in [6, 6.07) is 8.19. The van der Waals surface area contributed by atoms with Crippen LogP contribution in [-0.4, -0.2) is 18.0 Å². The molecule has 4 heteroatoms. The highest BCUT2D eigenvalue weighted by atomic mass is 79.9. The van der Waals surface area contributed by atoms with Crippen molar-refractivity contribution >= 4 is 21.6 Å². The molecular formula is C13H18BrN3. The van der Waals surface area contributed by atoms with Gasteiger partial charge in [0.25, 0.3) is 0 Å². The van der Waals surface area contributed by atoms with E-state index in [4.69, 9.17) is 11.0 Å². The predicted octanol–water partition coefficient (Wildman–Crippen LogP) is 3.01. The summed E-state index contributed by atoms with van der Waals surface area (Å²) in [5.41, 5.74) is 7.87. The lowest BCUT2D eigenvalue weighted by molar-refractivity contribution is 0.261. The second-order valence-electron chi connectivity index (χ2n) is 4.20.